The number of hydrogen-bond donors (Lipinski definition) is 0. The molecule has 4 aromatic rings. The minimum atomic E-state index is 1.33. The molecule has 4 aromatic carbocycles. The predicted octanol–water partition coefficient (Wildman–Crippen LogP) is 3.70. The van der Waals surface area contributed by atoms with Crippen molar-refractivity contribution in [3.8, 4) is 0 Å². The topological polar surface area (TPSA) is 0 Å². The zero-order chi connectivity index (χ0) is 15.7. The molecule has 0 unspecified atom stereocenters. The third-order valence-electron chi connectivity index (χ3n) is 5.35. The maximum Gasteiger partial charge on any atom is -0.00264 e. The van der Waals surface area contributed by atoms with E-state index in [1.807, 2.05) is 0 Å². The first-order chi connectivity index (χ1) is 11.9. The zero-order valence-corrected chi connectivity index (χ0v) is 13.1. The van der Waals surface area contributed by atoms with E-state index < -0.39 is 0 Å². The summed E-state index contributed by atoms with van der Waals surface area (Å²) >= 11 is 0. The van der Waals surface area contributed by atoms with Gasteiger partial charge in [-0.1, -0.05) is 72.8 Å². The van der Waals surface area contributed by atoms with E-state index in [0.29, 0.717) is 0 Å². The Balaban J connectivity index is 1.98. The van der Waals surface area contributed by atoms with Crippen LogP contribution in [0.4, 0.5) is 0 Å². The molecule has 0 aromatic heterocycles. The smallest absolute Gasteiger partial charge is 0.00264 e. The highest BCUT2D eigenvalue weighted by Crippen LogP contribution is 2.26. The second-order valence-electron chi connectivity index (χ2n) is 6.62. The number of hydrogen-bond acceptors (Lipinski definition) is 0. The molecule has 2 aliphatic rings. The molecule has 0 nitrogen and oxygen atoms in total. The van der Waals surface area contributed by atoms with Gasteiger partial charge in [0.2, 0.25) is 0 Å². The van der Waals surface area contributed by atoms with Gasteiger partial charge in [0.25, 0.3) is 0 Å². The quantitative estimate of drug-likeness (QED) is 0.401. The standard InChI is InChI=1S/C24H14/c1-3-7-19-15(5-1)13-17-9-11-22-21(23(17)19)12-10-18-14-16-6-2-4-8-20(16)24(18)22/h1-14H. The summed E-state index contributed by atoms with van der Waals surface area (Å²) in [6.07, 6.45) is 4.61. The fourth-order valence-electron chi connectivity index (χ4n) is 4.32. The van der Waals surface area contributed by atoms with Gasteiger partial charge in [0, 0.05) is 0 Å². The van der Waals surface area contributed by atoms with Gasteiger partial charge in [0.05, 0.1) is 0 Å². The molecule has 0 spiro atoms. The molecule has 0 N–H and O–H groups in total. The maximum atomic E-state index is 2.30. The van der Waals surface area contributed by atoms with Gasteiger partial charge in [-0.3, -0.25) is 0 Å². The van der Waals surface area contributed by atoms with Gasteiger partial charge in [0.15, 0.2) is 0 Å². The Labute approximate surface area is 138 Å². The van der Waals surface area contributed by atoms with E-state index >= 15 is 0 Å². The van der Waals surface area contributed by atoms with Gasteiger partial charge in [0.1, 0.15) is 0 Å². The van der Waals surface area contributed by atoms with Crippen molar-refractivity contribution in [3.63, 3.8) is 0 Å². The lowest BCUT2D eigenvalue weighted by Crippen LogP contribution is -1.97. The molecule has 0 bridgehead atoms. The SMILES string of the molecule is C1=c2ccccc2=c2c1ccc1c3c(ccc21)C=c1ccccc1=3. The number of fused-ring (bicyclic) bond motifs is 7. The van der Waals surface area contributed by atoms with Crippen LogP contribution in [0, 0.1) is 20.9 Å². The average molecular weight is 302 g/mol. The molecule has 0 radical (unpaired) electrons. The molecule has 110 valence electrons. The van der Waals surface area contributed by atoms with Crippen LogP contribution in [-0.4, -0.2) is 0 Å². The molecule has 0 saturated heterocycles. The lowest BCUT2D eigenvalue weighted by Gasteiger charge is -2.04. The summed E-state index contributed by atoms with van der Waals surface area (Å²) in [4.78, 5) is 0. The summed E-state index contributed by atoms with van der Waals surface area (Å²) in [6.45, 7) is 0. The van der Waals surface area contributed by atoms with Crippen LogP contribution in [0.1, 0.15) is 11.1 Å². The Bertz CT molecular complexity index is 1370. The normalized spacial score (nSPS) is 12.8. The van der Waals surface area contributed by atoms with Crippen molar-refractivity contribution in [2.45, 2.75) is 0 Å². The molecule has 0 aliphatic heterocycles. The minimum Gasteiger partial charge on any atom is -0.0616 e. The van der Waals surface area contributed by atoms with Crippen LogP contribution < -0.4 is 10.4 Å². The Morgan fingerprint density at radius 1 is 0.417 bits per heavy atom. The molecular weight excluding hydrogens is 288 g/mol. The summed E-state index contributed by atoms with van der Waals surface area (Å²) in [5, 5.41) is 10.8. The van der Waals surface area contributed by atoms with Crippen molar-refractivity contribution in [2.24, 2.45) is 0 Å². The second kappa shape index (κ2) is 4.24. The summed E-state index contributed by atoms with van der Waals surface area (Å²) in [5.74, 6) is 0. The highest BCUT2D eigenvalue weighted by molar-refractivity contribution is 5.90. The third-order valence-corrected chi connectivity index (χ3v) is 5.35. The van der Waals surface area contributed by atoms with Gasteiger partial charge in [-0.05, 0) is 65.4 Å². The first kappa shape index (κ1) is 12.3. The van der Waals surface area contributed by atoms with Crippen LogP contribution in [0.5, 0.6) is 0 Å². The molecule has 0 heterocycles. The fraction of sp³-hybridized carbons (Fsp3) is 0. The molecular formula is C24H14. The minimum absolute atomic E-state index is 1.33. The molecule has 0 atom stereocenters. The van der Waals surface area contributed by atoms with Crippen molar-refractivity contribution < 1.29 is 0 Å². The van der Waals surface area contributed by atoms with Crippen molar-refractivity contribution in [3.05, 3.63) is 115 Å². The van der Waals surface area contributed by atoms with Crippen molar-refractivity contribution in [1.82, 2.24) is 0 Å². The molecule has 6 rings (SSSR count). The molecule has 0 amide bonds. The highest BCUT2D eigenvalue weighted by atomic mass is 14.1. The van der Waals surface area contributed by atoms with E-state index in [1.54, 1.807) is 0 Å². The maximum absolute atomic E-state index is 2.30. The summed E-state index contributed by atoms with van der Waals surface area (Å²) in [7, 11) is 0. The van der Waals surface area contributed by atoms with E-state index in [9.17, 15) is 0 Å². The Morgan fingerprint density at radius 3 is 1.38 bits per heavy atom. The number of rotatable bonds is 0. The van der Waals surface area contributed by atoms with Crippen LogP contribution in [0.15, 0.2) is 72.8 Å². The van der Waals surface area contributed by atoms with E-state index in [0.717, 1.165) is 0 Å². The first-order valence-electron chi connectivity index (χ1n) is 8.38. The van der Waals surface area contributed by atoms with Crippen LogP contribution in [0.25, 0.3) is 22.9 Å². The number of benzene rings is 4. The molecule has 0 heteroatoms. The third kappa shape index (κ3) is 1.43. The van der Waals surface area contributed by atoms with Gasteiger partial charge in [-0.2, -0.15) is 0 Å². The van der Waals surface area contributed by atoms with Gasteiger partial charge in [-0.15, -0.1) is 0 Å². The lowest BCUT2D eigenvalue weighted by atomic mass is 9.99. The molecule has 2 aliphatic carbocycles. The predicted molar refractivity (Wildman–Crippen MR) is 98.6 cm³/mol. The van der Waals surface area contributed by atoms with Crippen molar-refractivity contribution in [1.29, 1.82) is 0 Å². The van der Waals surface area contributed by atoms with Crippen LogP contribution in [-0.2, 0) is 0 Å². The summed E-state index contributed by atoms with van der Waals surface area (Å²) in [5.41, 5.74) is 2.66. The van der Waals surface area contributed by atoms with E-state index in [1.165, 1.54) is 53.2 Å². The van der Waals surface area contributed by atoms with Crippen molar-refractivity contribution >= 4 is 22.9 Å². The van der Waals surface area contributed by atoms with Gasteiger partial charge >= 0.3 is 0 Å². The van der Waals surface area contributed by atoms with Gasteiger partial charge < -0.3 is 0 Å². The average Bonchev–Trinajstić information content (AvgIpc) is 3.19. The van der Waals surface area contributed by atoms with Crippen LogP contribution in [0.2, 0.25) is 0 Å². The fourth-order valence-corrected chi connectivity index (χ4v) is 4.32. The van der Waals surface area contributed by atoms with E-state index in [-0.39, 0.29) is 0 Å². The molecule has 0 saturated carbocycles. The second-order valence-corrected chi connectivity index (χ2v) is 6.62. The molecule has 0 fully saturated rings. The van der Waals surface area contributed by atoms with Gasteiger partial charge in [-0.25, -0.2) is 0 Å². The van der Waals surface area contributed by atoms with Crippen LogP contribution >= 0.6 is 0 Å². The van der Waals surface area contributed by atoms with E-state index in [2.05, 4.69) is 84.9 Å². The first-order valence-corrected chi connectivity index (χ1v) is 8.38. The Kier molecular flexibility index (Phi) is 2.18. The summed E-state index contributed by atoms with van der Waals surface area (Å²) < 4.78 is 0. The monoisotopic (exact) mass is 302 g/mol. The Hall–Kier alpha value is -3.12. The highest BCUT2D eigenvalue weighted by Gasteiger charge is 2.10. The van der Waals surface area contributed by atoms with E-state index in [4.69, 9.17) is 0 Å². The molecule has 24 heavy (non-hydrogen) atoms. The zero-order valence-electron chi connectivity index (χ0n) is 13.1. The summed E-state index contributed by atoms with van der Waals surface area (Å²) in [6, 6.07) is 26.5. The lowest BCUT2D eigenvalue weighted by molar-refractivity contribution is 1.49. The Morgan fingerprint density at radius 2 is 0.875 bits per heavy atom. The largest absolute Gasteiger partial charge is 0.0616 e. The van der Waals surface area contributed by atoms with Crippen LogP contribution in [0.3, 0.4) is 0 Å². The van der Waals surface area contributed by atoms with Crippen molar-refractivity contribution in [2.75, 3.05) is 0 Å².